The zero-order valence-corrected chi connectivity index (χ0v) is 8.78. The molecule has 0 saturated carbocycles. The maximum Gasteiger partial charge on any atom is 0.483 e. The van der Waals surface area contributed by atoms with Gasteiger partial charge in [-0.05, 0) is 6.92 Å². The van der Waals surface area contributed by atoms with Crippen molar-refractivity contribution in [2.75, 3.05) is 6.61 Å². The minimum absolute atomic E-state index is 0.339. The zero-order chi connectivity index (χ0) is 14.8. The predicted octanol–water partition coefficient (Wildman–Crippen LogP) is 2.87. The third-order valence-corrected chi connectivity index (χ3v) is 1.33. The Kier molecular flexibility index (Phi) is 4.75. The molecule has 0 aliphatic rings. The molecule has 0 aliphatic carbocycles. The molecule has 0 heterocycles. The topological polar surface area (TPSA) is 35.5 Å². The smallest absolute Gasteiger partial charge is 0.453 e. The van der Waals surface area contributed by atoms with E-state index in [1.165, 1.54) is 0 Å². The Hall–Kier alpha value is -1.32. The van der Waals surface area contributed by atoms with E-state index in [0.717, 1.165) is 6.92 Å². The van der Waals surface area contributed by atoms with E-state index in [-0.39, 0.29) is 5.57 Å². The summed E-state index contributed by atoms with van der Waals surface area (Å²) in [5.74, 6) is -1.38. The number of hydrogen-bond acceptors (Lipinski definition) is 3. The Morgan fingerprint density at radius 1 is 1.11 bits per heavy atom. The molecule has 0 N–H and O–H groups in total. The van der Waals surface area contributed by atoms with Crippen molar-refractivity contribution in [2.24, 2.45) is 0 Å². The van der Waals surface area contributed by atoms with Crippen LogP contribution in [0.5, 0.6) is 0 Å². The number of ether oxygens (including phenoxy) is 2. The lowest BCUT2D eigenvalue weighted by Gasteiger charge is -2.24. The lowest BCUT2D eigenvalue weighted by molar-refractivity contribution is -0.459. The molecule has 10 heteroatoms. The molecule has 0 amide bonds. The van der Waals surface area contributed by atoms with Crippen LogP contribution in [0, 0.1) is 0 Å². The Morgan fingerprint density at radius 3 is 1.89 bits per heavy atom. The number of alkyl halides is 7. The van der Waals surface area contributed by atoms with Crippen LogP contribution in [-0.2, 0) is 14.3 Å². The van der Waals surface area contributed by atoms with Gasteiger partial charge in [0.25, 0.3) is 0 Å². The van der Waals surface area contributed by atoms with Crippen molar-refractivity contribution in [3.05, 3.63) is 12.2 Å². The van der Waals surface area contributed by atoms with E-state index in [4.69, 9.17) is 0 Å². The lowest BCUT2D eigenvalue weighted by Crippen LogP contribution is -2.46. The van der Waals surface area contributed by atoms with Crippen molar-refractivity contribution < 1.29 is 45.0 Å². The molecule has 0 unspecified atom stereocenters. The van der Waals surface area contributed by atoms with Gasteiger partial charge in [0.15, 0.2) is 6.61 Å². The van der Waals surface area contributed by atoms with Gasteiger partial charge in [0.05, 0.1) is 0 Å². The molecule has 0 bridgehead atoms. The average Bonchev–Trinajstić information content (AvgIpc) is 2.10. The van der Waals surface area contributed by atoms with Gasteiger partial charge in [0.2, 0.25) is 0 Å². The van der Waals surface area contributed by atoms with Crippen LogP contribution in [0.25, 0.3) is 0 Å². The number of rotatable bonds is 5. The van der Waals surface area contributed by atoms with Gasteiger partial charge in [0, 0.05) is 5.57 Å². The third-order valence-electron chi connectivity index (χ3n) is 1.33. The van der Waals surface area contributed by atoms with Crippen LogP contribution < -0.4 is 0 Å². The molecule has 0 aromatic carbocycles. The minimum Gasteiger partial charge on any atom is -0.453 e. The summed E-state index contributed by atoms with van der Waals surface area (Å²) in [6.45, 7) is 1.95. The van der Waals surface area contributed by atoms with Gasteiger partial charge in [0.1, 0.15) is 0 Å². The second kappa shape index (κ2) is 5.12. The molecule has 106 valence electrons. The molecule has 0 aliphatic heterocycles. The van der Waals surface area contributed by atoms with E-state index in [1.54, 1.807) is 0 Å². The predicted molar refractivity (Wildman–Crippen MR) is 42.8 cm³/mol. The normalized spacial score (nSPS) is 13.3. The first-order valence-corrected chi connectivity index (χ1v) is 4.14. The molecule has 0 radical (unpaired) electrons. The summed E-state index contributed by atoms with van der Waals surface area (Å²) < 4.78 is 90.1. The summed E-state index contributed by atoms with van der Waals surface area (Å²) in [4.78, 5) is 10.6. The third kappa shape index (κ3) is 4.90. The van der Waals surface area contributed by atoms with Crippen molar-refractivity contribution in [3.8, 4) is 0 Å². The molecular formula is C8H7F7O3. The summed E-state index contributed by atoms with van der Waals surface area (Å²) in [7, 11) is 0. The van der Waals surface area contributed by atoms with Crippen LogP contribution in [0.15, 0.2) is 12.2 Å². The zero-order valence-electron chi connectivity index (χ0n) is 8.78. The maximum atomic E-state index is 12.6. The van der Waals surface area contributed by atoms with Gasteiger partial charge in [-0.2, -0.15) is 30.7 Å². The molecule has 0 fully saturated rings. The molecule has 3 nitrogen and oxygen atoms in total. The van der Waals surface area contributed by atoms with E-state index in [0.29, 0.717) is 0 Å². The Balaban J connectivity index is 4.58. The fourth-order valence-electron chi connectivity index (χ4n) is 0.548. The summed E-state index contributed by atoms with van der Waals surface area (Å²) in [5, 5.41) is 0. The van der Waals surface area contributed by atoms with Gasteiger partial charge in [-0.15, -0.1) is 0 Å². The highest BCUT2D eigenvalue weighted by atomic mass is 19.4. The quantitative estimate of drug-likeness (QED) is 0.442. The van der Waals surface area contributed by atoms with E-state index < -0.39 is 31.0 Å². The van der Waals surface area contributed by atoms with Crippen LogP contribution in [-0.4, -0.2) is 31.0 Å². The summed E-state index contributed by atoms with van der Waals surface area (Å²) in [6, 6.07) is 0. The van der Waals surface area contributed by atoms with Gasteiger partial charge in [-0.25, -0.2) is 9.53 Å². The largest absolute Gasteiger partial charge is 0.483 e. The number of carbonyl (C=O) groups is 1. The van der Waals surface area contributed by atoms with Crippen LogP contribution in [0.2, 0.25) is 0 Å². The molecule has 0 atom stereocenters. The van der Waals surface area contributed by atoms with Crippen LogP contribution in [0.4, 0.5) is 30.7 Å². The van der Waals surface area contributed by atoms with Gasteiger partial charge in [-0.3, -0.25) is 0 Å². The highest BCUT2D eigenvalue weighted by molar-refractivity contribution is 5.86. The van der Waals surface area contributed by atoms with E-state index in [9.17, 15) is 35.5 Å². The molecule has 0 aromatic heterocycles. The standard InChI is InChI=1S/C8H7F7O3/c1-4(2)5(16)17-3-6(9,10)18-8(14,15)7(11,12)13/h1,3H2,2H3. The molecule has 18 heavy (non-hydrogen) atoms. The van der Waals surface area contributed by atoms with Crippen LogP contribution in [0.1, 0.15) is 6.92 Å². The molecule has 0 spiro atoms. The Labute approximate surface area is 96.2 Å². The summed E-state index contributed by atoms with van der Waals surface area (Å²) in [6.07, 6.45) is -17.4. The van der Waals surface area contributed by atoms with Crippen molar-refractivity contribution in [1.29, 1.82) is 0 Å². The van der Waals surface area contributed by atoms with E-state index >= 15 is 0 Å². The number of halogens is 7. The first kappa shape index (κ1) is 16.7. The van der Waals surface area contributed by atoms with Crippen molar-refractivity contribution in [1.82, 2.24) is 0 Å². The maximum absolute atomic E-state index is 12.6. The van der Waals surface area contributed by atoms with Crippen molar-refractivity contribution in [3.63, 3.8) is 0 Å². The minimum atomic E-state index is -6.31. The fraction of sp³-hybridized carbons (Fsp3) is 0.625. The summed E-state index contributed by atoms with van der Waals surface area (Å²) in [5.41, 5.74) is -0.339. The van der Waals surface area contributed by atoms with Crippen LogP contribution >= 0.6 is 0 Å². The summed E-state index contributed by atoms with van der Waals surface area (Å²) >= 11 is 0. The highest BCUT2D eigenvalue weighted by Gasteiger charge is 2.64. The van der Waals surface area contributed by atoms with Crippen molar-refractivity contribution in [2.45, 2.75) is 25.3 Å². The number of hydrogen-bond donors (Lipinski definition) is 0. The van der Waals surface area contributed by atoms with Gasteiger partial charge < -0.3 is 4.74 Å². The van der Waals surface area contributed by atoms with Crippen molar-refractivity contribution >= 4 is 5.97 Å². The highest BCUT2D eigenvalue weighted by Crippen LogP contribution is 2.40. The second-order valence-corrected chi connectivity index (χ2v) is 3.11. The van der Waals surface area contributed by atoms with E-state index in [2.05, 4.69) is 16.1 Å². The first-order chi connectivity index (χ1) is 7.78. The number of esters is 1. The second-order valence-electron chi connectivity index (χ2n) is 3.11. The monoisotopic (exact) mass is 284 g/mol. The van der Waals surface area contributed by atoms with Gasteiger partial charge >= 0.3 is 24.4 Å². The SMILES string of the molecule is C=C(C)C(=O)OCC(F)(F)OC(F)(F)C(F)(F)F. The average molecular weight is 284 g/mol. The van der Waals surface area contributed by atoms with E-state index in [1.807, 2.05) is 0 Å². The Bertz CT molecular complexity index is 334. The first-order valence-electron chi connectivity index (χ1n) is 4.14. The lowest BCUT2D eigenvalue weighted by atomic mass is 10.4. The molecule has 0 aromatic rings. The Morgan fingerprint density at radius 2 is 1.56 bits per heavy atom. The van der Waals surface area contributed by atoms with Gasteiger partial charge in [-0.1, -0.05) is 6.58 Å². The molecular weight excluding hydrogens is 277 g/mol. The number of carbonyl (C=O) groups excluding carboxylic acids is 1. The molecule has 0 saturated heterocycles. The van der Waals surface area contributed by atoms with Crippen LogP contribution in [0.3, 0.4) is 0 Å². The fourth-order valence-corrected chi connectivity index (χ4v) is 0.548. The molecule has 0 rings (SSSR count).